The van der Waals surface area contributed by atoms with E-state index in [4.69, 9.17) is 4.74 Å². The summed E-state index contributed by atoms with van der Waals surface area (Å²) in [5, 5.41) is 3.01. The molecular formula is C24H30N2O3. The van der Waals surface area contributed by atoms with Gasteiger partial charge in [-0.15, -0.1) is 0 Å². The van der Waals surface area contributed by atoms with Gasteiger partial charge in [0.05, 0.1) is 18.2 Å². The van der Waals surface area contributed by atoms with E-state index < -0.39 is 0 Å². The number of anilines is 1. The van der Waals surface area contributed by atoms with Crippen molar-refractivity contribution in [3.05, 3.63) is 59.7 Å². The van der Waals surface area contributed by atoms with Gasteiger partial charge in [-0.3, -0.25) is 9.59 Å². The molecular weight excluding hydrogens is 364 g/mol. The zero-order valence-electron chi connectivity index (χ0n) is 17.5. The SMILES string of the molecule is Cc1ccccc1CC(=O)N1CCC(C(=O)Nc2ccccc2OC(C)C)CC1. The number of nitrogens with one attached hydrogen (secondary N) is 1. The summed E-state index contributed by atoms with van der Waals surface area (Å²) in [6.45, 7) is 7.18. The number of piperidine rings is 1. The highest BCUT2D eigenvalue weighted by atomic mass is 16.5. The van der Waals surface area contributed by atoms with Crippen molar-refractivity contribution < 1.29 is 14.3 Å². The second-order valence-electron chi connectivity index (χ2n) is 7.91. The molecule has 1 saturated heterocycles. The maximum atomic E-state index is 12.7. The molecule has 1 fully saturated rings. The Kier molecular flexibility index (Phi) is 6.91. The van der Waals surface area contributed by atoms with E-state index in [0.29, 0.717) is 43.8 Å². The number of amides is 2. The van der Waals surface area contributed by atoms with E-state index in [0.717, 1.165) is 11.1 Å². The first-order valence-electron chi connectivity index (χ1n) is 10.3. The number of hydrogen-bond donors (Lipinski definition) is 1. The minimum absolute atomic E-state index is 0.00388. The van der Waals surface area contributed by atoms with Crippen LogP contribution in [0.1, 0.15) is 37.8 Å². The molecule has 2 aromatic carbocycles. The van der Waals surface area contributed by atoms with Crippen LogP contribution in [-0.4, -0.2) is 35.9 Å². The Morgan fingerprint density at radius 1 is 1.07 bits per heavy atom. The summed E-state index contributed by atoms with van der Waals surface area (Å²) in [5.74, 6) is 0.718. The first-order valence-corrected chi connectivity index (χ1v) is 10.3. The average Bonchev–Trinajstić information content (AvgIpc) is 2.71. The molecule has 0 unspecified atom stereocenters. The van der Waals surface area contributed by atoms with Crippen molar-refractivity contribution in [1.29, 1.82) is 0 Å². The van der Waals surface area contributed by atoms with Crippen LogP contribution in [0, 0.1) is 12.8 Å². The van der Waals surface area contributed by atoms with Crippen molar-refractivity contribution in [2.75, 3.05) is 18.4 Å². The average molecular weight is 395 g/mol. The Hall–Kier alpha value is -2.82. The molecule has 1 aliphatic rings. The number of benzene rings is 2. The molecule has 0 spiro atoms. The van der Waals surface area contributed by atoms with Gasteiger partial charge >= 0.3 is 0 Å². The fourth-order valence-electron chi connectivity index (χ4n) is 3.64. The Balaban J connectivity index is 1.53. The van der Waals surface area contributed by atoms with Crippen molar-refractivity contribution in [3.63, 3.8) is 0 Å². The van der Waals surface area contributed by atoms with Gasteiger partial charge in [-0.1, -0.05) is 36.4 Å². The molecule has 0 aromatic heterocycles. The number of ether oxygens (including phenoxy) is 1. The van der Waals surface area contributed by atoms with Crippen LogP contribution in [-0.2, 0) is 16.0 Å². The minimum atomic E-state index is -0.0929. The van der Waals surface area contributed by atoms with E-state index in [1.54, 1.807) is 0 Å². The van der Waals surface area contributed by atoms with Crippen LogP contribution >= 0.6 is 0 Å². The predicted octanol–water partition coefficient (Wildman–Crippen LogP) is 4.20. The van der Waals surface area contributed by atoms with Gasteiger partial charge in [0.2, 0.25) is 11.8 Å². The summed E-state index contributed by atoms with van der Waals surface area (Å²) in [6.07, 6.45) is 1.82. The van der Waals surface area contributed by atoms with Gasteiger partial charge in [0.25, 0.3) is 0 Å². The molecule has 154 valence electrons. The van der Waals surface area contributed by atoms with E-state index in [-0.39, 0.29) is 23.8 Å². The fraction of sp³-hybridized carbons (Fsp3) is 0.417. The third kappa shape index (κ3) is 5.59. The lowest BCUT2D eigenvalue weighted by Gasteiger charge is -2.31. The molecule has 0 radical (unpaired) electrons. The number of nitrogens with zero attached hydrogens (tertiary/aromatic N) is 1. The molecule has 0 saturated carbocycles. The quantitative estimate of drug-likeness (QED) is 0.799. The molecule has 2 aromatic rings. The lowest BCUT2D eigenvalue weighted by Crippen LogP contribution is -2.42. The van der Waals surface area contributed by atoms with Gasteiger partial charge in [0.15, 0.2) is 0 Å². The van der Waals surface area contributed by atoms with Crippen LogP contribution in [0.4, 0.5) is 5.69 Å². The Bertz CT molecular complexity index is 855. The number of likely N-dealkylation sites (tertiary alicyclic amines) is 1. The van der Waals surface area contributed by atoms with Crippen LogP contribution in [0.3, 0.4) is 0 Å². The predicted molar refractivity (Wildman–Crippen MR) is 115 cm³/mol. The molecule has 0 bridgehead atoms. The second kappa shape index (κ2) is 9.59. The van der Waals surface area contributed by atoms with Crippen LogP contribution in [0.5, 0.6) is 5.75 Å². The van der Waals surface area contributed by atoms with Crippen molar-refractivity contribution >= 4 is 17.5 Å². The third-order valence-electron chi connectivity index (χ3n) is 5.33. The monoisotopic (exact) mass is 394 g/mol. The lowest BCUT2D eigenvalue weighted by molar-refractivity contribution is -0.133. The van der Waals surface area contributed by atoms with Gasteiger partial charge in [0, 0.05) is 19.0 Å². The number of carbonyl (C=O) groups excluding carboxylic acids is 2. The van der Waals surface area contributed by atoms with Crippen LogP contribution in [0.15, 0.2) is 48.5 Å². The van der Waals surface area contributed by atoms with Crippen molar-refractivity contribution in [2.24, 2.45) is 5.92 Å². The Labute approximate surface area is 173 Å². The molecule has 29 heavy (non-hydrogen) atoms. The molecule has 3 rings (SSSR count). The fourth-order valence-corrected chi connectivity index (χ4v) is 3.64. The van der Waals surface area contributed by atoms with E-state index >= 15 is 0 Å². The standard InChI is InChI=1S/C24H30N2O3/c1-17(2)29-22-11-7-6-10-21(22)25-24(28)19-12-14-26(15-13-19)23(27)16-20-9-5-4-8-18(20)3/h4-11,17,19H,12-16H2,1-3H3,(H,25,28). The molecule has 1 aliphatic heterocycles. The number of aryl methyl sites for hydroxylation is 1. The topological polar surface area (TPSA) is 58.6 Å². The molecule has 1 N–H and O–H groups in total. The van der Waals surface area contributed by atoms with Gasteiger partial charge < -0.3 is 15.0 Å². The first-order chi connectivity index (χ1) is 13.9. The molecule has 5 nitrogen and oxygen atoms in total. The van der Waals surface area contributed by atoms with Crippen molar-refractivity contribution in [3.8, 4) is 5.75 Å². The highest BCUT2D eigenvalue weighted by Crippen LogP contribution is 2.27. The maximum absolute atomic E-state index is 12.7. The van der Waals surface area contributed by atoms with Gasteiger partial charge in [-0.2, -0.15) is 0 Å². The van der Waals surface area contributed by atoms with E-state index in [9.17, 15) is 9.59 Å². The van der Waals surface area contributed by atoms with Crippen LogP contribution < -0.4 is 10.1 Å². The molecule has 1 heterocycles. The summed E-state index contributed by atoms with van der Waals surface area (Å²) in [6, 6.07) is 15.5. The Morgan fingerprint density at radius 3 is 2.41 bits per heavy atom. The number of hydrogen-bond acceptors (Lipinski definition) is 3. The van der Waals surface area contributed by atoms with Gasteiger partial charge in [-0.05, 0) is 56.9 Å². The molecule has 5 heteroatoms. The van der Waals surface area contributed by atoms with Crippen molar-refractivity contribution in [2.45, 2.75) is 46.1 Å². The zero-order valence-corrected chi connectivity index (χ0v) is 17.5. The van der Waals surface area contributed by atoms with E-state index in [2.05, 4.69) is 5.32 Å². The van der Waals surface area contributed by atoms with Gasteiger partial charge in [0.1, 0.15) is 5.75 Å². The smallest absolute Gasteiger partial charge is 0.227 e. The van der Waals surface area contributed by atoms with Crippen molar-refractivity contribution in [1.82, 2.24) is 4.90 Å². The highest BCUT2D eigenvalue weighted by Gasteiger charge is 2.28. The zero-order chi connectivity index (χ0) is 20.8. The molecule has 0 atom stereocenters. The first kappa shape index (κ1) is 20.9. The summed E-state index contributed by atoms with van der Waals surface area (Å²) in [4.78, 5) is 27.3. The number of rotatable bonds is 6. The lowest BCUT2D eigenvalue weighted by atomic mass is 9.95. The van der Waals surface area contributed by atoms with Crippen LogP contribution in [0.2, 0.25) is 0 Å². The number of carbonyl (C=O) groups is 2. The number of para-hydroxylation sites is 2. The maximum Gasteiger partial charge on any atom is 0.227 e. The highest BCUT2D eigenvalue weighted by molar-refractivity contribution is 5.94. The third-order valence-corrected chi connectivity index (χ3v) is 5.33. The molecule has 2 amide bonds. The summed E-state index contributed by atoms with van der Waals surface area (Å²) in [7, 11) is 0. The van der Waals surface area contributed by atoms with Crippen LogP contribution in [0.25, 0.3) is 0 Å². The van der Waals surface area contributed by atoms with E-state index in [1.165, 1.54) is 0 Å². The second-order valence-corrected chi connectivity index (χ2v) is 7.91. The normalized spacial score (nSPS) is 14.7. The summed E-state index contributed by atoms with van der Waals surface area (Å²) >= 11 is 0. The van der Waals surface area contributed by atoms with E-state index in [1.807, 2.05) is 74.2 Å². The van der Waals surface area contributed by atoms with Gasteiger partial charge in [-0.25, -0.2) is 0 Å². The largest absolute Gasteiger partial charge is 0.489 e. The summed E-state index contributed by atoms with van der Waals surface area (Å²) in [5.41, 5.74) is 2.90. The molecule has 0 aliphatic carbocycles. The minimum Gasteiger partial charge on any atom is -0.489 e. The summed E-state index contributed by atoms with van der Waals surface area (Å²) < 4.78 is 5.78. The Morgan fingerprint density at radius 2 is 1.72 bits per heavy atom.